The van der Waals surface area contributed by atoms with Crippen LogP contribution in [0.15, 0.2) is 206 Å². The zero-order valence-corrected chi connectivity index (χ0v) is 31.4. The molecule has 58 heavy (non-hydrogen) atoms. The van der Waals surface area contributed by atoms with Crippen molar-refractivity contribution in [3.63, 3.8) is 0 Å². The Kier molecular flexibility index (Phi) is 6.41. The summed E-state index contributed by atoms with van der Waals surface area (Å²) in [6.07, 6.45) is 0. The van der Waals surface area contributed by atoms with Gasteiger partial charge in [0.25, 0.3) is 0 Å². The van der Waals surface area contributed by atoms with Gasteiger partial charge < -0.3 is 18.3 Å². The first-order valence-electron chi connectivity index (χ1n) is 20.0. The second kappa shape index (κ2) is 11.8. The molecule has 0 fully saturated rings. The molecule has 13 rings (SSSR count). The Morgan fingerprint density at radius 1 is 0.190 bits per heavy atom. The number of hydrogen-bond acceptors (Lipinski definition) is 0. The van der Waals surface area contributed by atoms with Crippen molar-refractivity contribution in [1.29, 1.82) is 0 Å². The first-order valence-corrected chi connectivity index (χ1v) is 20.0. The van der Waals surface area contributed by atoms with Crippen LogP contribution >= 0.6 is 0 Å². The maximum Gasteiger partial charge on any atom is 0.0788 e. The summed E-state index contributed by atoms with van der Waals surface area (Å²) >= 11 is 0. The monoisotopic (exact) mass is 738 g/mol. The highest BCUT2D eigenvalue weighted by molar-refractivity contribution is 6.24. The Balaban J connectivity index is 1.12. The lowest BCUT2D eigenvalue weighted by atomic mass is 10.1. The van der Waals surface area contributed by atoms with E-state index < -0.39 is 0 Å². The molecule has 0 amide bonds. The van der Waals surface area contributed by atoms with E-state index in [4.69, 9.17) is 0 Å². The van der Waals surface area contributed by atoms with Crippen molar-refractivity contribution in [2.75, 3.05) is 0 Å². The van der Waals surface area contributed by atoms with E-state index in [0.717, 1.165) is 22.7 Å². The second-order valence-electron chi connectivity index (χ2n) is 15.3. The highest BCUT2D eigenvalue weighted by Gasteiger charge is 2.22. The van der Waals surface area contributed by atoms with E-state index in [-0.39, 0.29) is 0 Å². The van der Waals surface area contributed by atoms with Gasteiger partial charge in [-0.3, -0.25) is 0 Å². The molecule has 0 radical (unpaired) electrons. The normalized spacial score (nSPS) is 12.1. The van der Waals surface area contributed by atoms with Crippen LogP contribution in [-0.2, 0) is 0 Å². The van der Waals surface area contributed by atoms with Crippen molar-refractivity contribution in [3.8, 4) is 22.7 Å². The van der Waals surface area contributed by atoms with Gasteiger partial charge in [0, 0.05) is 65.8 Å². The van der Waals surface area contributed by atoms with Crippen LogP contribution in [0.4, 0.5) is 0 Å². The molecular weight excluding hydrogens is 705 g/mol. The summed E-state index contributed by atoms with van der Waals surface area (Å²) in [4.78, 5) is 0. The van der Waals surface area contributed by atoms with Crippen molar-refractivity contribution >= 4 is 87.2 Å². The van der Waals surface area contributed by atoms with E-state index in [9.17, 15) is 0 Å². The van der Waals surface area contributed by atoms with Gasteiger partial charge in [-0.05, 0) is 72.8 Å². The highest BCUT2D eigenvalue weighted by Crippen LogP contribution is 2.43. The van der Waals surface area contributed by atoms with Gasteiger partial charge in [0.1, 0.15) is 0 Å². The van der Waals surface area contributed by atoms with Gasteiger partial charge in [0.2, 0.25) is 0 Å². The fourth-order valence-corrected chi connectivity index (χ4v) is 9.98. The molecule has 13 aromatic rings. The number of aromatic nitrogens is 4. The molecule has 4 nitrogen and oxygen atoms in total. The lowest BCUT2D eigenvalue weighted by Gasteiger charge is -2.15. The van der Waals surface area contributed by atoms with Crippen LogP contribution < -0.4 is 0 Å². The largest absolute Gasteiger partial charge is 0.309 e. The molecule has 0 saturated heterocycles. The molecule has 9 aromatic carbocycles. The van der Waals surface area contributed by atoms with Gasteiger partial charge >= 0.3 is 0 Å². The van der Waals surface area contributed by atoms with Gasteiger partial charge in [-0.2, -0.15) is 0 Å². The minimum atomic E-state index is 1.12. The zero-order chi connectivity index (χ0) is 37.9. The van der Waals surface area contributed by atoms with E-state index in [1.165, 1.54) is 87.2 Å². The Hall–Kier alpha value is -7.82. The van der Waals surface area contributed by atoms with E-state index in [1.54, 1.807) is 0 Å². The fraction of sp³-hybridized carbons (Fsp3) is 0. The number of hydrogen-bond donors (Lipinski definition) is 0. The molecule has 0 aliphatic heterocycles. The first kappa shape index (κ1) is 31.4. The third-order valence-electron chi connectivity index (χ3n) is 12.3. The molecule has 0 unspecified atom stereocenters. The molecule has 270 valence electrons. The number of nitrogens with zero attached hydrogens (tertiary/aromatic N) is 4. The Morgan fingerprint density at radius 3 is 0.741 bits per heavy atom. The Bertz CT molecular complexity index is 3450. The SMILES string of the molecule is c1cc(-n2c3ccccc3c3ccccc32)cc(-n2c3ccccc3c3ccc4c5ccccc5n(-c5cccc(-n6c7ccccc7c7ccccc76)c5)c4c32)c1. The molecule has 4 aromatic heterocycles. The molecule has 0 aliphatic carbocycles. The van der Waals surface area contributed by atoms with Crippen molar-refractivity contribution in [2.45, 2.75) is 0 Å². The van der Waals surface area contributed by atoms with Crippen molar-refractivity contribution in [2.24, 2.45) is 0 Å². The first-order chi connectivity index (χ1) is 28.8. The van der Waals surface area contributed by atoms with Crippen LogP contribution in [0.3, 0.4) is 0 Å². The number of benzene rings is 9. The predicted octanol–water partition coefficient (Wildman–Crippen LogP) is 14.1. The summed E-state index contributed by atoms with van der Waals surface area (Å²) in [5.41, 5.74) is 14.1. The zero-order valence-electron chi connectivity index (χ0n) is 31.4. The fourth-order valence-electron chi connectivity index (χ4n) is 9.98. The minimum Gasteiger partial charge on any atom is -0.309 e. The number of para-hydroxylation sites is 6. The molecule has 4 heterocycles. The lowest BCUT2D eigenvalue weighted by Crippen LogP contribution is -2.01. The Morgan fingerprint density at radius 2 is 0.431 bits per heavy atom. The van der Waals surface area contributed by atoms with Gasteiger partial charge in [0.05, 0.1) is 44.1 Å². The molecule has 0 saturated carbocycles. The van der Waals surface area contributed by atoms with E-state index >= 15 is 0 Å². The van der Waals surface area contributed by atoms with Gasteiger partial charge in [0.15, 0.2) is 0 Å². The van der Waals surface area contributed by atoms with Crippen molar-refractivity contribution < 1.29 is 0 Å². The quantitative estimate of drug-likeness (QED) is 0.171. The summed E-state index contributed by atoms with van der Waals surface area (Å²) in [5.74, 6) is 0. The van der Waals surface area contributed by atoms with Crippen LogP contribution in [0, 0.1) is 0 Å². The van der Waals surface area contributed by atoms with Crippen molar-refractivity contribution in [3.05, 3.63) is 206 Å². The third kappa shape index (κ3) is 4.23. The molecule has 0 spiro atoms. The van der Waals surface area contributed by atoms with Crippen LogP contribution in [0.5, 0.6) is 0 Å². The van der Waals surface area contributed by atoms with Crippen molar-refractivity contribution in [1.82, 2.24) is 18.3 Å². The van der Waals surface area contributed by atoms with Gasteiger partial charge in [-0.1, -0.05) is 133 Å². The smallest absolute Gasteiger partial charge is 0.0788 e. The minimum absolute atomic E-state index is 1.12. The highest BCUT2D eigenvalue weighted by atomic mass is 15.1. The molecular formula is C54H34N4. The van der Waals surface area contributed by atoms with E-state index in [0.29, 0.717) is 0 Å². The summed E-state index contributed by atoms with van der Waals surface area (Å²) in [5, 5.41) is 9.96. The predicted molar refractivity (Wildman–Crippen MR) is 244 cm³/mol. The summed E-state index contributed by atoms with van der Waals surface area (Å²) in [7, 11) is 0. The molecule has 0 atom stereocenters. The average molecular weight is 739 g/mol. The van der Waals surface area contributed by atoms with Gasteiger partial charge in [-0.15, -0.1) is 0 Å². The molecule has 0 N–H and O–H groups in total. The standard InChI is InChI=1S/C54H34N4/c1-7-25-47-39(19-1)40-20-2-8-26-48(40)55(47)35-15-13-17-37(33-35)57-51-29-11-5-23-43(51)45-31-32-46-44-24-6-12-30-52(44)58(54(46)53(45)57)38-18-14-16-36(34-38)56-49-27-9-3-21-41(49)42-22-4-10-28-50(42)56/h1-34H. The maximum absolute atomic E-state index is 2.50. The number of rotatable bonds is 4. The van der Waals surface area contributed by atoms with Crippen LogP contribution in [0.1, 0.15) is 0 Å². The third-order valence-corrected chi connectivity index (χ3v) is 12.3. The van der Waals surface area contributed by atoms with Crippen LogP contribution in [0.25, 0.3) is 110 Å². The molecule has 0 bridgehead atoms. The molecule has 4 heteroatoms. The van der Waals surface area contributed by atoms with E-state index in [2.05, 4.69) is 225 Å². The summed E-state index contributed by atoms with van der Waals surface area (Å²) in [6.45, 7) is 0. The average Bonchev–Trinajstić information content (AvgIpc) is 4.02. The molecule has 0 aliphatic rings. The van der Waals surface area contributed by atoms with Gasteiger partial charge in [-0.25, -0.2) is 0 Å². The number of fused-ring (bicyclic) bond motifs is 13. The Labute approximate surface area is 333 Å². The maximum atomic E-state index is 2.50. The van der Waals surface area contributed by atoms with Crippen LogP contribution in [-0.4, -0.2) is 18.3 Å². The van der Waals surface area contributed by atoms with E-state index in [1.807, 2.05) is 0 Å². The topological polar surface area (TPSA) is 19.7 Å². The summed E-state index contributed by atoms with van der Waals surface area (Å²) in [6, 6.07) is 75.5. The summed E-state index contributed by atoms with van der Waals surface area (Å²) < 4.78 is 9.82. The van der Waals surface area contributed by atoms with Crippen LogP contribution in [0.2, 0.25) is 0 Å². The second-order valence-corrected chi connectivity index (χ2v) is 15.3. The lowest BCUT2D eigenvalue weighted by molar-refractivity contribution is 1.12.